The smallest absolute Gasteiger partial charge is 0.0192 e. The molecule has 0 aromatic rings. The molecule has 1 rings (SSSR count). The summed E-state index contributed by atoms with van der Waals surface area (Å²) < 4.78 is 0. The van der Waals surface area contributed by atoms with Gasteiger partial charge < -0.3 is 5.32 Å². The van der Waals surface area contributed by atoms with Gasteiger partial charge in [-0.1, -0.05) is 27.2 Å². The van der Waals surface area contributed by atoms with E-state index < -0.39 is 0 Å². The molecule has 0 aliphatic carbocycles. The fourth-order valence-corrected chi connectivity index (χ4v) is 2.70. The van der Waals surface area contributed by atoms with E-state index in [0.717, 1.165) is 18.5 Å². The Morgan fingerprint density at radius 3 is 2.24 bits per heavy atom. The van der Waals surface area contributed by atoms with Crippen LogP contribution in [0.5, 0.6) is 0 Å². The summed E-state index contributed by atoms with van der Waals surface area (Å²) in [5, 5.41) is 3.77. The molecule has 0 amide bonds. The fraction of sp³-hybridized carbons (Fsp3) is 1.00. The van der Waals surface area contributed by atoms with Crippen LogP contribution in [-0.4, -0.2) is 36.6 Å². The summed E-state index contributed by atoms with van der Waals surface area (Å²) in [5.74, 6) is 0.856. The lowest BCUT2D eigenvalue weighted by atomic mass is 9.97. The maximum absolute atomic E-state index is 3.77. The molecule has 3 unspecified atom stereocenters. The Balaban J connectivity index is 2.21. The molecule has 1 aliphatic rings. The second-order valence-electron chi connectivity index (χ2n) is 5.85. The second kappa shape index (κ2) is 8.10. The molecule has 1 N–H and O–H groups in total. The van der Waals surface area contributed by atoms with Crippen molar-refractivity contribution in [3.8, 4) is 0 Å². The zero-order valence-electron chi connectivity index (χ0n) is 12.3. The van der Waals surface area contributed by atoms with E-state index in [4.69, 9.17) is 0 Å². The van der Waals surface area contributed by atoms with Gasteiger partial charge in [0.15, 0.2) is 0 Å². The lowest BCUT2D eigenvalue weighted by Crippen LogP contribution is -2.42. The number of likely N-dealkylation sites (tertiary alicyclic amines) is 1. The number of rotatable bonds is 8. The van der Waals surface area contributed by atoms with Gasteiger partial charge in [0.25, 0.3) is 0 Å². The predicted molar refractivity (Wildman–Crippen MR) is 76.4 cm³/mol. The highest BCUT2D eigenvalue weighted by Crippen LogP contribution is 2.14. The first-order valence-electron chi connectivity index (χ1n) is 7.64. The van der Waals surface area contributed by atoms with Gasteiger partial charge in [0.1, 0.15) is 0 Å². The summed E-state index contributed by atoms with van der Waals surface area (Å²) in [6, 6.07) is 1.43. The Labute approximate surface area is 108 Å². The molecule has 3 atom stereocenters. The lowest BCUT2D eigenvalue weighted by molar-refractivity contribution is 0.239. The van der Waals surface area contributed by atoms with Gasteiger partial charge in [-0.2, -0.15) is 0 Å². The molecule has 0 spiro atoms. The molecule has 0 bridgehead atoms. The molecule has 2 nitrogen and oxygen atoms in total. The second-order valence-corrected chi connectivity index (χ2v) is 5.85. The standard InChI is InChI=1S/C15H32N2/c1-5-13(3)11-15(6-2)16-12-14(4)17-9-7-8-10-17/h13-16H,5-12H2,1-4H3. The first-order chi connectivity index (χ1) is 8.17. The molecule has 1 fully saturated rings. The summed E-state index contributed by atoms with van der Waals surface area (Å²) in [5.41, 5.74) is 0. The van der Waals surface area contributed by atoms with Crippen molar-refractivity contribution in [1.29, 1.82) is 0 Å². The minimum absolute atomic E-state index is 0.712. The molecule has 0 aromatic heterocycles. The van der Waals surface area contributed by atoms with Crippen molar-refractivity contribution in [2.45, 2.75) is 71.9 Å². The Morgan fingerprint density at radius 2 is 1.71 bits per heavy atom. The molecule has 1 heterocycles. The van der Waals surface area contributed by atoms with Gasteiger partial charge in [0, 0.05) is 18.6 Å². The Bertz CT molecular complexity index is 187. The summed E-state index contributed by atoms with van der Waals surface area (Å²) in [7, 11) is 0. The molecule has 102 valence electrons. The van der Waals surface area contributed by atoms with Crippen molar-refractivity contribution in [2.24, 2.45) is 5.92 Å². The van der Waals surface area contributed by atoms with Crippen LogP contribution in [0.4, 0.5) is 0 Å². The van der Waals surface area contributed by atoms with Gasteiger partial charge in [-0.25, -0.2) is 0 Å². The normalized spacial score (nSPS) is 22.6. The van der Waals surface area contributed by atoms with Crippen molar-refractivity contribution in [1.82, 2.24) is 10.2 Å². The molecule has 17 heavy (non-hydrogen) atoms. The summed E-state index contributed by atoms with van der Waals surface area (Å²) in [4.78, 5) is 2.63. The average molecular weight is 240 g/mol. The van der Waals surface area contributed by atoms with Crippen LogP contribution in [0.15, 0.2) is 0 Å². The van der Waals surface area contributed by atoms with Crippen molar-refractivity contribution in [3.63, 3.8) is 0 Å². The average Bonchev–Trinajstić information content (AvgIpc) is 2.87. The number of nitrogens with one attached hydrogen (secondary N) is 1. The highest BCUT2D eigenvalue weighted by molar-refractivity contribution is 4.77. The molecule has 1 saturated heterocycles. The lowest BCUT2D eigenvalue weighted by Gasteiger charge is -2.27. The predicted octanol–water partition coefficient (Wildman–Crippen LogP) is 3.28. The zero-order valence-corrected chi connectivity index (χ0v) is 12.3. The molecule has 0 saturated carbocycles. The van der Waals surface area contributed by atoms with Crippen LogP contribution in [0, 0.1) is 5.92 Å². The van der Waals surface area contributed by atoms with E-state index in [2.05, 4.69) is 37.9 Å². The van der Waals surface area contributed by atoms with Crippen LogP contribution in [0.3, 0.4) is 0 Å². The van der Waals surface area contributed by atoms with Crippen LogP contribution in [0.2, 0.25) is 0 Å². The van der Waals surface area contributed by atoms with E-state index in [1.54, 1.807) is 0 Å². The third-order valence-corrected chi connectivity index (χ3v) is 4.34. The van der Waals surface area contributed by atoms with Crippen molar-refractivity contribution >= 4 is 0 Å². The highest BCUT2D eigenvalue weighted by atomic mass is 15.2. The number of nitrogens with zero attached hydrogens (tertiary/aromatic N) is 1. The van der Waals surface area contributed by atoms with Crippen LogP contribution < -0.4 is 5.32 Å². The zero-order chi connectivity index (χ0) is 12.7. The summed E-state index contributed by atoms with van der Waals surface area (Å²) in [6.07, 6.45) is 6.69. The van der Waals surface area contributed by atoms with Gasteiger partial charge in [-0.15, -0.1) is 0 Å². The molecule has 0 radical (unpaired) electrons. The Morgan fingerprint density at radius 1 is 1.06 bits per heavy atom. The monoisotopic (exact) mass is 240 g/mol. The van der Waals surface area contributed by atoms with Gasteiger partial charge in [-0.3, -0.25) is 4.90 Å². The van der Waals surface area contributed by atoms with Crippen LogP contribution in [0.1, 0.15) is 59.8 Å². The minimum atomic E-state index is 0.712. The largest absolute Gasteiger partial charge is 0.312 e. The van der Waals surface area contributed by atoms with Crippen molar-refractivity contribution in [2.75, 3.05) is 19.6 Å². The topological polar surface area (TPSA) is 15.3 Å². The quantitative estimate of drug-likeness (QED) is 0.700. The van der Waals surface area contributed by atoms with E-state index in [1.165, 1.54) is 45.2 Å². The number of hydrogen-bond acceptors (Lipinski definition) is 2. The molecular weight excluding hydrogens is 208 g/mol. The molecule has 2 heteroatoms. The first kappa shape index (κ1) is 15.0. The van der Waals surface area contributed by atoms with E-state index in [9.17, 15) is 0 Å². The van der Waals surface area contributed by atoms with Crippen LogP contribution in [-0.2, 0) is 0 Å². The molecule has 1 aliphatic heterocycles. The molecule has 0 aromatic carbocycles. The Hall–Kier alpha value is -0.0800. The minimum Gasteiger partial charge on any atom is -0.312 e. The van der Waals surface area contributed by atoms with E-state index in [0.29, 0.717) is 6.04 Å². The van der Waals surface area contributed by atoms with Gasteiger partial charge in [0.2, 0.25) is 0 Å². The maximum atomic E-state index is 3.77. The van der Waals surface area contributed by atoms with E-state index in [1.807, 2.05) is 0 Å². The third kappa shape index (κ3) is 5.39. The van der Waals surface area contributed by atoms with Crippen LogP contribution in [0.25, 0.3) is 0 Å². The summed E-state index contributed by atoms with van der Waals surface area (Å²) >= 11 is 0. The van der Waals surface area contributed by atoms with Crippen molar-refractivity contribution < 1.29 is 0 Å². The molecular formula is C15H32N2. The highest BCUT2D eigenvalue weighted by Gasteiger charge is 2.19. The van der Waals surface area contributed by atoms with Crippen LogP contribution >= 0.6 is 0 Å². The van der Waals surface area contributed by atoms with E-state index >= 15 is 0 Å². The first-order valence-corrected chi connectivity index (χ1v) is 7.64. The third-order valence-electron chi connectivity index (χ3n) is 4.34. The SMILES string of the molecule is CCC(C)CC(CC)NCC(C)N1CCCC1. The van der Waals surface area contributed by atoms with Gasteiger partial charge in [-0.05, 0) is 51.6 Å². The van der Waals surface area contributed by atoms with Gasteiger partial charge >= 0.3 is 0 Å². The van der Waals surface area contributed by atoms with E-state index in [-0.39, 0.29) is 0 Å². The Kier molecular flexibility index (Phi) is 7.14. The maximum Gasteiger partial charge on any atom is 0.0192 e. The number of hydrogen-bond donors (Lipinski definition) is 1. The summed E-state index contributed by atoms with van der Waals surface area (Å²) in [6.45, 7) is 13.1. The van der Waals surface area contributed by atoms with Gasteiger partial charge in [0.05, 0.1) is 0 Å². The fourth-order valence-electron chi connectivity index (χ4n) is 2.70. The van der Waals surface area contributed by atoms with Crippen molar-refractivity contribution in [3.05, 3.63) is 0 Å².